The maximum absolute atomic E-state index is 14.1. The first-order chi connectivity index (χ1) is 14.8. The molecule has 1 aromatic heterocycles. The molecule has 1 heterocycles. The Labute approximate surface area is 180 Å². The van der Waals surface area contributed by atoms with Crippen LogP contribution in [0.1, 0.15) is 18.2 Å². The van der Waals surface area contributed by atoms with E-state index < -0.39 is 22.6 Å². The van der Waals surface area contributed by atoms with Gasteiger partial charge in [-0.2, -0.15) is 0 Å². The molecule has 0 saturated carbocycles. The molecular weight excluding hydrogens is 425 g/mol. The Hall–Kier alpha value is -3.92. The number of nitro groups is 1. The highest BCUT2D eigenvalue weighted by Gasteiger charge is 2.21. The van der Waals surface area contributed by atoms with Crippen LogP contribution >= 0.6 is 11.3 Å². The van der Waals surface area contributed by atoms with Crippen molar-refractivity contribution >= 4 is 45.8 Å². The zero-order valence-electron chi connectivity index (χ0n) is 16.2. The Bertz CT molecular complexity index is 1140. The Morgan fingerprint density at radius 3 is 2.58 bits per heavy atom. The van der Waals surface area contributed by atoms with Crippen LogP contribution in [0.5, 0.6) is 0 Å². The highest BCUT2D eigenvalue weighted by molar-refractivity contribution is 7.14. The highest BCUT2D eigenvalue weighted by atomic mass is 32.1. The molecular formula is C21H16FN3O5S. The molecule has 31 heavy (non-hydrogen) atoms. The summed E-state index contributed by atoms with van der Waals surface area (Å²) in [5.74, 6) is -1.60. The molecule has 3 rings (SSSR count). The molecule has 0 spiro atoms. The van der Waals surface area contributed by atoms with Crippen LogP contribution < -0.4 is 4.90 Å². The van der Waals surface area contributed by atoms with Crippen molar-refractivity contribution in [1.29, 1.82) is 0 Å². The van der Waals surface area contributed by atoms with E-state index in [2.05, 4.69) is 4.98 Å². The number of rotatable bonds is 7. The van der Waals surface area contributed by atoms with Crippen LogP contribution in [0.25, 0.3) is 6.08 Å². The predicted molar refractivity (Wildman–Crippen MR) is 113 cm³/mol. The van der Waals surface area contributed by atoms with Gasteiger partial charge in [0.05, 0.1) is 16.3 Å². The minimum absolute atomic E-state index is 0.0472. The molecule has 8 nitrogen and oxygen atoms in total. The van der Waals surface area contributed by atoms with Crippen molar-refractivity contribution in [2.45, 2.75) is 13.5 Å². The van der Waals surface area contributed by atoms with Crippen LogP contribution in [0.15, 0.2) is 60.0 Å². The zero-order valence-corrected chi connectivity index (χ0v) is 17.0. The van der Waals surface area contributed by atoms with E-state index in [1.807, 2.05) is 0 Å². The van der Waals surface area contributed by atoms with Crippen LogP contribution in [0.4, 0.5) is 20.9 Å². The van der Waals surface area contributed by atoms with Gasteiger partial charge in [0, 0.05) is 30.5 Å². The molecule has 1 amide bonds. The SMILES string of the molecule is CC(=O)N(c1nc(COC(=O)/C=C/c2ccc([N+](=O)[O-])cc2)cs1)c1ccccc1F. The zero-order chi connectivity index (χ0) is 22.4. The fraction of sp³-hybridized carbons (Fsp3) is 0.0952. The molecule has 0 aliphatic heterocycles. The first kappa shape index (κ1) is 21.8. The van der Waals surface area contributed by atoms with Gasteiger partial charge in [0.15, 0.2) is 5.13 Å². The maximum atomic E-state index is 14.1. The van der Waals surface area contributed by atoms with Gasteiger partial charge in [-0.15, -0.1) is 11.3 Å². The number of amides is 1. The van der Waals surface area contributed by atoms with E-state index in [0.717, 1.165) is 16.2 Å². The molecule has 0 fully saturated rings. The lowest BCUT2D eigenvalue weighted by atomic mass is 10.2. The monoisotopic (exact) mass is 441 g/mol. The molecule has 0 bridgehead atoms. The number of thiazole rings is 1. The van der Waals surface area contributed by atoms with Gasteiger partial charge in [0.2, 0.25) is 5.91 Å². The van der Waals surface area contributed by atoms with Gasteiger partial charge in [0.25, 0.3) is 5.69 Å². The molecule has 158 valence electrons. The van der Waals surface area contributed by atoms with Gasteiger partial charge in [0.1, 0.15) is 12.4 Å². The largest absolute Gasteiger partial charge is 0.456 e. The Morgan fingerprint density at radius 1 is 1.23 bits per heavy atom. The van der Waals surface area contributed by atoms with E-state index in [4.69, 9.17) is 4.74 Å². The lowest BCUT2D eigenvalue weighted by molar-refractivity contribution is -0.384. The molecule has 0 aliphatic carbocycles. The van der Waals surface area contributed by atoms with Crippen molar-refractivity contribution in [1.82, 2.24) is 4.98 Å². The number of para-hydroxylation sites is 1. The second-order valence-electron chi connectivity index (χ2n) is 6.22. The number of carbonyl (C=O) groups excluding carboxylic acids is 2. The average Bonchev–Trinajstić information content (AvgIpc) is 3.21. The highest BCUT2D eigenvalue weighted by Crippen LogP contribution is 2.30. The molecule has 0 N–H and O–H groups in total. The van der Waals surface area contributed by atoms with Crippen molar-refractivity contribution in [2.75, 3.05) is 4.90 Å². The second kappa shape index (κ2) is 9.72. The third kappa shape index (κ3) is 5.58. The summed E-state index contributed by atoms with van der Waals surface area (Å²) in [4.78, 5) is 39.5. The Balaban J connectivity index is 1.62. The van der Waals surface area contributed by atoms with Crippen LogP contribution in [0.2, 0.25) is 0 Å². The number of aromatic nitrogens is 1. The number of esters is 1. The lowest BCUT2D eigenvalue weighted by Gasteiger charge is -2.18. The topological polar surface area (TPSA) is 103 Å². The van der Waals surface area contributed by atoms with E-state index in [-0.39, 0.29) is 23.1 Å². The number of non-ortho nitro benzene ring substituents is 1. The maximum Gasteiger partial charge on any atom is 0.331 e. The van der Waals surface area contributed by atoms with Crippen molar-refractivity contribution in [2.24, 2.45) is 0 Å². The number of anilines is 2. The number of hydrogen-bond donors (Lipinski definition) is 0. The third-order valence-electron chi connectivity index (χ3n) is 4.02. The van der Waals surface area contributed by atoms with E-state index in [1.54, 1.807) is 11.4 Å². The van der Waals surface area contributed by atoms with Crippen molar-refractivity contribution in [3.63, 3.8) is 0 Å². The standard InChI is InChI=1S/C21H16FN3O5S/c1-14(26)24(19-5-3-2-4-18(19)22)21-23-16(13-31-21)12-30-20(27)11-8-15-6-9-17(10-7-15)25(28)29/h2-11,13H,12H2,1H3/b11-8+. The van der Waals surface area contributed by atoms with Crippen molar-refractivity contribution in [3.05, 3.63) is 87.2 Å². The summed E-state index contributed by atoms with van der Waals surface area (Å²) in [6.45, 7) is 1.17. The molecule has 2 aromatic carbocycles. The minimum atomic E-state index is -0.634. The third-order valence-corrected chi connectivity index (χ3v) is 4.89. The molecule has 0 saturated heterocycles. The quantitative estimate of drug-likeness (QED) is 0.229. The van der Waals surface area contributed by atoms with Gasteiger partial charge in [-0.3, -0.25) is 19.8 Å². The van der Waals surface area contributed by atoms with Gasteiger partial charge < -0.3 is 4.74 Å². The van der Waals surface area contributed by atoms with Gasteiger partial charge in [-0.25, -0.2) is 14.2 Å². The van der Waals surface area contributed by atoms with E-state index in [1.165, 1.54) is 61.5 Å². The fourth-order valence-corrected chi connectivity index (χ4v) is 3.43. The summed E-state index contributed by atoms with van der Waals surface area (Å²) in [6.07, 6.45) is 2.66. The summed E-state index contributed by atoms with van der Waals surface area (Å²) in [6, 6.07) is 11.5. The second-order valence-corrected chi connectivity index (χ2v) is 7.05. The summed E-state index contributed by atoms with van der Waals surface area (Å²) >= 11 is 1.12. The molecule has 0 radical (unpaired) electrons. The number of ether oxygens (including phenoxy) is 1. The normalized spacial score (nSPS) is 10.8. The first-order valence-electron chi connectivity index (χ1n) is 8.94. The van der Waals surface area contributed by atoms with Crippen molar-refractivity contribution in [3.8, 4) is 0 Å². The van der Waals surface area contributed by atoms with Crippen molar-refractivity contribution < 1.29 is 23.6 Å². The van der Waals surface area contributed by atoms with Crippen LogP contribution in [-0.4, -0.2) is 21.8 Å². The van der Waals surface area contributed by atoms with E-state index >= 15 is 0 Å². The van der Waals surface area contributed by atoms with Crippen LogP contribution in [0.3, 0.4) is 0 Å². The number of nitrogens with zero attached hydrogens (tertiary/aromatic N) is 3. The number of hydrogen-bond acceptors (Lipinski definition) is 7. The number of carbonyl (C=O) groups is 2. The number of benzene rings is 2. The van der Waals surface area contributed by atoms with Crippen LogP contribution in [0, 0.1) is 15.9 Å². The van der Waals surface area contributed by atoms with Gasteiger partial charge >= 0.3 is 5.97 Å². The first-order valence-corrected chi connectivity index (χ1v) is 9.82. The summed E-state index contributed by atoms with van der Waals surface area (Å²) < 4.78 is 19.2. The molecule has 10 heteroatoms. The smallest absolute Gasteiger partial charge is 0.331 e. The summed E-state index contributed by atoms with van der Waals surface area (Å²) in [5.41, 5.74) is 1.04. The van der Waals surface area contributed by atoms with Gasteiger partial charge in [-0.05, 0) is 35.9 Å². The summed E-state index contributed by atoms with van der Waals surface area (Å²) in [5, 5.41) is 12.5. The van der Waals surface area contributed by atoms with E-state index in [0.29, 0.717) is 11.3 Å². The molecule has 0 aliphatic rings. The average molecular weight is 441 g/mol. The van der Waals surface area contributed by atoms with E-state index in [9.17, 15) is 24.1 Å². The molecule has 0 unspecified atom stereocenters. The van der Waals surface area contributed by atoms with Crippen LogP contribution in [-0.2, 0) is 20.9 Å². The minimum Gasteiger partial charge on any atom is -0.456 e. The lowest BCUT2D eigenvalue weighted by Crippen LogP contribution is -2.23. The molecule has 3 aromatic rings. The summed E-state index contributed by atoms with van der Waals surface area (Å²) in [7, 11) is 0. The predicted octanol–water partition coefficient (Wildman–Crippen LogP) is 4.63. The number of halogens is 1. The molecule has 0 atom stereocenters. The Morgan fingerprint density at radius 2 is 1.94 bits per heavy atom. The number of nitro benzene ring substituents is 1. The fourth-order valence-electron chi connectivity index (χ4n) is 2.57. The Kier molecular flexibility index (Phi) is 6.83. The van der Waals surface area contributed by atoms with Gasteiger partial charge in [-0.1, -0.05) is 12.1 Å².